The van der Waals surface area contributed by atoms with Crippen molar-refractivity contribution in [3.63, 3.8) is 0 Å². The Hall–Kier alpha value is -3.31. The maximum Gasteiger partial charge on any atom is 0.224 e. The van der Waals surface area contributed by atoms with E-state index in [0.717, 1.165) is 50.5 Å². The maximum absolute atomic E-state index is 12.3. The van der Waals surface area contributed by atoms with Crippen molar-refractivity contribution in [3.8, 4) is 16.9 Å². The minimum absolute atomic E-state index is 0.0865. The van der Waals surface area contributed by atoms with Gasteiger partial charge in [0.05, 0.1) is 19.2 Å². The molecule has 0 bridgehead atoms. The first-order valence-electron chi connectivity index (χ1n) is 11.7. The van der Waals surface area contributed by atoms with Crippen molar-refractivity contribution < 1.29 is 9.53 Å². The molecule has 1 aliphatic heterocycles. The third-order valence-electron chi connectivity index (χ3n) is 6.20. The van der Waals surface area contributed by atoms with E-state index in [2.05, 4.69) is 51.5 Å². The summed E-state index contributed by atoms with van der Waals surface area (Å²) in [5.74, 6) is 1.02. The summed E-state index contributed by atoms with van der Waals surface area (Å²) < 4.78 is 5.50. The first-order valence-corrected chi connectivity index (χ1v) is 11.7. The SMILES string of the molecule is COc1ccccc1N1CCN(CCCNC(=O)Cc2ccc(-c3ccccc3)cc2)CC1. The molecule has 1 N–H and O–H groups in total. The fourth-order valence-electron chi connectivity index (χ4n) is 4.33. The van der Waals surface area contributed by atoms with E-state index < -0.39 is 0 Å². The normalized spacial score (nSPS) is 14.2. The molecule has 4 rings (SSSR count). The van der Waals surface area contributed by atoms with Crippen molar-refractivity contribution in [1.29, 1.82) is 0 Å². The van der Waals surface area contributed by atoms with E-state index in [1.54, 1.807) is 7.11 Å². The quantitative estimate of drug-likeness (QED) is 0.503. The average Bonchev–Trinajstić information content (AvgIpc) is 2.88. The van der Waals surface area contributed by atoms with Crippen LogP contribution < -0.4 is 15.0 Å². The molecule has 172 valence electrons. The van der Waals surface area contributed by atoms with E-state index in [0.29, 0.717) is 13.0 Å². The van der Waals surface area contributed by atoms with Gasteiger partial charge >= 0.3 is 0 Å². The van der Waals surface area contributed by atoms with Gasteiger partial charge in [-0.2, -0.15) is 0 Å². The van der Waals surface area contributed by atoms with Gasteiger partial charge in [-0.3, -0.25) is 9.69 Å². The Morgan fingerprint density at radius 1 is 0.848 bits per heavy atom. The minimum atomic E-state index is 0.0865. The second-order valence-corrected chi connectivity index (χ2v) is 8.44. The first-order chi connectivity index (χ1) is 16.2. The van der Waals surface area contributed by atoms with Crippen LogP contribution in [0.15, 0.2) is 78.9 Å². The number of amides is 1. The van der Waals surface area contributed by atoms with Gasteiger partial charge in [0.25, 0.3) is 0 Å². The molecule has 3 aromatic carbocycles. The van der Waals surface area contributed by atoms with Crippen LogP contribution in [0.1, 0.15) is 12.0 Å². The molecule has 5 nitrogen and oxygen atoms in total. The number of benzene rings is 3. The Labute approximate surface area is 197 Å². The zero-order valence-electron chi connectivity index (χ0n) is 19.4. The van der Waals surface area contributed by atoms with Crippen LogP contribution >= 0.6 is 0 Å². The van der Waals surface area contributed by atoms with Gasteiger partial charge in [0.15, 0.2) is 0 Å². The molecule has 0 aromatic heterocycles. The summed E-state index contributed by atoms with van der Waals surface area (Å²) in [5, 5.41) is 3.07. The number of methoxy groups -OCH3 is 1. The van der Waals surface area contributed by atoms with Gasteiger partial charge in [-0.05, 0) is 41.8 Å². The highest BCUT2D eigenvalue weighted by atomic mass is 16.5. The molecule has 1 saturated heterocycles. The van der Waals surface area contributed by atoms with Gasteiger partial charge in [-0.15, -0.1) is 0 Å². The Bertz CT molecular complexity index is 1010. The van der Waals surface area contributed by atoms with Crippen molar-refractivity contribution >= 4 is 11.6 Å². The lowest BCUT2D eigenvalue weighted by atomic mass is 10.0. The summed E-state index contributed by atoms with van der Waals surface area (Å²) >= 11 is 0. The molecule has 0 unspecified atom stereocenters. The fourth-order valence-corrected chi connectivity index (χ4v) is 4.33. The lowest BCUT2D eigenvalue weighted by Gasteiger charge is -2.36. The van der Waals surface area contributed by atoms with Crippen molar-refractivity contribution in [1.82, 2.24) is 10.2 Å². The fraction of sp³-hybridized carbons (Fsp3) is 0.321. The summed E-state index contributed by atoms with van der Waals surface area (Å²) in [6.45, 7) is 5.76. The monoisotopic (exact) mass is 443 g/mol. The van der Waals surface area contributed by atoms with E-state index in [1.807, 2.05) is 42.5 Å². The number of piperazine rings is 1. The Kier molecular flexibility index (Phi) is 7.99. The second-order valence-electron chi connectivity index (χ2n) is 8.44. The predicted molar refractivity (Wildman–Crippen MR) is 135 cm³/mol. The number of rotatable bonds is 9. The van der Waals surface area contributed by atoms with Crippen molar-refractivity contribution in [3.05, 3.63) is 84.4 Å². The van der Waals surface area contributed by atoms with Crippen LogP contribution in [-0.4, -0.2) is 57.2 Å². The third kappa shape index (κ3) is 6.36. The number of nitrogens with zero attached hydrogens (tertiary/aromatic N) is 2. The van der Waals surface area contributed by atoms with E-state index in [1.165, 1.54) is 16.8 Å². The summed E-state index contributed by atoms with van der Waals surface area (Å²) in [5.41, 5.74) is 4.58. The third-order valence-corrected chi connectivity index (χ3v) is 6.20. The van der Waals surface area contributed by atoms with Crippen LogP contribution in [0.4, 0.5) is 5.69 Å². The van der Waals surface area contributed by atoms with Gasteiger partial charge in [-0.25, -0.2) is 0 Å². The van der Waals surface area contributed by atoms with Crippen LogP contribution in [0.25, 0.3) is 11.1 Å². The predicted octanol–water partition coefficient (Wildman–Crippen LogP) is 4.23. The van der Waals surface area contributed by atoms with E-state index >= 15 is 0 Å². The van der Waals surface area contributed by atoms with Crippen LogP contribution in [-0.2, 0) is 11.2 Å². The van der Waals surface area contributed by atoms with Gasteiger partial charge < -0.3 is 15.0 Å². The maximum atomic E-state index is 12.3. The zero-order chi connectivity index (χ0) is 22.9. The van der Waals surface area contributed by atoms with E-state index in [4.69, 9.17) is 4.74 Å². The molecule has 1 heterocycles. The molecule has 5 heteroatoms. The smallest absolute Gasteiger partial charge is 0.224 e. The van der Waals surface area contributed by atoms with E-state index in [-0.39, 0.29) is 5.91 Å². The molecule has 1 amide bonds. The lowest BCUT2D eigenvalue weighted by molar-refractivity contribution is -0.120. The number of hydrogen-bond acceptors (Lipinski definition) is 4. The van der Waals surface area contributed by atoms with E-state index in [9.17, 15) is 4.79 Å². The second kappa shape index (κ2) is 11.5. The number of carbonyl (C=O) groups is 1. The molecule has 0 spiro atoms. The van der Waals surface area contributed by atoms with Gasteiger partial charge in [0.1, 0.15) is 5.75 Å². The molecule has 1 fully saturated rings. The highest BCUT2D eigenvalue weighted by molar-refractivity contribution is 5.78. The largest absolute Gasteiger partial charge is 0.495 e. The molecular formula is C28H33N3O2. The molecule has 0 aliphatic carbocycles. The van der Waals surface area contributed by atoms with Crippen molar-refractivity contribution in [2.75, 3.05) is 51.3 Å². The summed E-state index contributed by atoms with van der Waals surface area (Å²) in [4.78, 5) is 17.2. The molecule has 1 aliphatic rings. The average molecular weight is 444 g/mol. The number of para-hydroxylation sites is 2. The minimum Gasteiger partial charge on any atom is -0.495 e. The number of ether oxygens (including phenoxy) is 1. The van der Waals surface area contributed by atoms with Crippen LogP contribution in [0.5, 0.6) is 5.75 Å². The number of hydrogen-bond donors (Lipinski definition) is 1. The highest BCUT2D eigenvalue weighted by Crippen LogP contribution is 2.28. The molecule has 3 aromatic rings. The van der Waals surface area contributed by atoms with Gasteiger partial charge in [0.2, 0.25) is 5.91 Å². The van der Waals surface area contributed by atoms with Crippen LogP contribution in [0.3, 0.4) is 0 Å². The number of anilines is 1. The lowest BCUT2D eigenvalue weighted by Crippen LogP contribution is -2.47. The molecule has 33 heavy (non-hydrogen) atoms. The summed E-state index contributed by atoms with van der Waals surface area (Å²) in [6, 6.07) is 26.8. The Morgan fingerprint density at radius 2 is 1.52 bits per heavy atom. The molecule has 0 atom stereocenters. The summed E-state index contributed by atoms with van der Waals surface area (Å²) in [6.07, 6.45) is 1.39. The molecular weight excluding hydrogens is 410 g/mol. The zero-order valence-corrected chi connectivity index (χ0v) is 19.4. The molecule has 0 radical (unpaired) electrons. The topological polar surface area (TPSA) is 44.8 Å². The summed E-state index contributed by atoms with van der Waals surface area (Å²) in [7, 11) is 1.73. The van der Waals surface area contributed by atoms with Crippen LogP contribution in [0, 0.1) is 0 Å². The van der Waals surface area contributed by atoms with Crippen molar-refractivity contribution in [2.45, 2.75) is 12.8 Å². The Morgan fingerprint density at radius 3 is 2.24 bits per heavy atom. The Balaban J connectivity index is 1.14. The number of nitrogens with one attached hydrogen (secondary N) is 1. The first kappa shape index (κ1) is 22.9. The molecule has 0 saturated carbocycles. The highest BCUT2D eigenvalue weighted by Gasteiger charge is 2.19. The van der Waals surface area contributed by atoms with Crippen molar-refractivity contribution in [2.24, 2.45) is 0 Å². The standard InChI is InChI=1S/C28H33N3O2/c1-33-27-11-6-5-10-26(27)31-20-18-30(19-21-31)17-7-16-29-28(32)22-23-12-14-25(15-13-23)24-8-3-2-4-9-24/h2-6,8-15H,7,16-22H2,1H3,(H,29,32). The van der Waals surface area contributed by atoms with Gasteiger partial charge in [0, 0.05) is 32.7 Å². The van der Waals surface area contributed by atoms with Crippen LogP contribution in [0.2, 0.25) is 0 Å². The number of carbonyl (C=O) groups excluding carboxylic acids is 1. The van der Waals surface area contributed by atoms with Gasteiger partial charge in [-0.1, -0.05) is 66.7 Å².